The maximum atomic E-state index is 13.7. The molecule has 2 fully saturated rings. The fraction of sp³-hybridized carbons (Fsp3) is 0.514. The van der Waals surface area contributed by atoms with Crippen molar-refractivity contribution in [2.75, 3.05) is 154 Å². The summed E-state index contributed by atoms with van der Waals surface area (Å²) in [6.45, 7) is 17.8. The molecule has 4 aromatic heterocycles. The van der Waals surface area contributed by atoms with Gasteiger partial charge in [-0.2, -0.15) is 17.6 Å². The lowest BCUT2D eigenvalue weighted by molar-refractivity contribution is -0.138. The van der Waals surface area contributed by atoms with Gasteiger partial charge in [0.15, 0.2) is 40.7 Å². The molecule has 21 nitrogen and oxygen atoms in total. The highest BCUT2D eigenvalue weighted by Crippen LogP contribution is 2.36. The third kappa shape index (κ3) is 20.5. The van der Waals surface area contributed by atoms with E-state index in [-0.39, 0.29) is 38.2 Å². The highest BCUT2D eigenvalue weighted by Gasteiger charge is 2.26. The Morgan fingerprint density at radius 1 is 0.515 bits per heavy atom. The molecule has 29 heteroatoms. The van der Waals surface area contributed by atoms with Crippen molar-refractivity contribution in [2.45, 2.75) is 104 Å². The van der Waals surface area contributed by atoms with Crippen molar-refractivity contribution in [1.82, 2.24) is 48.7 Å². The van der Waals surface area contributed by atoms with Crippen LogP contribution in [-0.4, -0.2) is 204 Å². The van der Waals surface area contributed by atoms with E-state index in [2.05, 4.69) is 116 Å². The van der Waals surface area contributed by atoms with Gasteiger partial charge in [-0.05, 0) is 116 Å². The van der Waals surface area contributed by atoms with Crippen molar-refractivity contribution < 1.29 is 69.1 Å². The van der Waals surface area contributed by atoms with E-state index in [0.29, 0.717) is 31.4 Å². The van der Waals surface area contributed by atoms with Crippen molar-refractivity contribution in [3.8, 4) is 11.5 Å². The molecule has 0 unspecified atom stereocenters. The lowest BCUT2D eigenvalue weighted by atomic mass is 10.1. The van der Waals surface area contributed by atoms with Crippen LogP contribution in [0.4, 0.5) is 58.1 Å². The fourth-order valence-corrected chi connectivity index (χ4v) is 11.9. The molecule has 0 bridgehead atoms. The van der Waals surface area contributed by atoms with Gasteiger partial charge in [-0.25, -0.2) is 37.5 Å². The van der Waals surface area contributed by atoms with E-state index < -0.39 is 70.0 Å². The summed E-state index contributed by atoms with van der Waals surface area (Å²) in [5.74, 6) is -15.4. The van der Waals surface area contributed by atoms with Gasteiger partial charge in [-0.3, -0.25) is 19.4 Å². The van der Waals surface area contributed by atoms with Gasteiger partial charge < -0.3 is 64.6 Å². The summed E-state index contributed by atoms with van der Waals surface area (Å²) in [5, 5.41) is 19.2. The molecule has 4 aromatic carbocycles. The number of carboxylic acid groups (broad SMARTS) is 1. The van der Waals surface area contributed by atoms with Crippen LogP contribution in [0.2, 0.25) is 0 Å². The number of ether oxygens (including phenoxy) is 3. The lowest BCUT2D eigenvalue weighted by Gasteiger charge is -2.36. The maximum absolute atomic E-state index is 13.7. The Hall–Kier alpha value is -8.22. The zero-order valence-corrected chi connectivity index (χ0v) is 57.3. The van der Waals surface area contributed by atoms with Crippen LogP contribution in [0.5, 0.6) is 11.5 Å². The van der Waals surface area contributed by atoms with Crippen LogP contribution in [-0.2, 0) is 45.0 Å². The first-order valence-electron chi connectivity index (χ1n) is 33.8. The molecule has 2 aliphatic rings. The summed E-state index contributed by atoms with van der Waals surface area (Å²) in [7, 11) is 8.43. The number of aromatic hydroxyl groups is 1. The van der Waals surface area contributed by atoms with Crippen molar-refractivity contribution in [1.29, 1.82) is 0 Å². The summed E-state index contributed by atoms with van der Waals surface area (Å²) >= 11 is 0. The molecular weight excluding hydrogens is 1300 g/mol. The normalized spacial score (nSPS) is 13.9. The van der Waals surface area contributed by atoms with E-state index in [1.165, 1.54) is 5.69 Å². The highest BCUT2D eigenvalue weighted by molar-refractivity contribution is 6.08. The second-order valence-electron chi connectivity index (χ2n) is 25.2. The summed E-state index contributed by atoms with van der Waals surface area (Å²) < 4.78 is 123. The number of carbonyl (C=O) groups excluding carboxylic acids is 1. The first-order valence-corrected chi connectivity index (χ1v) is 33.8. The fourth-order valence-electron chi connectivity index (χ4n) is 11.9. The predicted molar refractivity (Wildman–Crippen MR) is 367 cm³/mol. The van der Waals surface area contributed by atoms with E-state index in [1.54, 1.807) is 0 Å². The molecule has 540 valence electrons. The number of fused-ring (bicyclic) bond motifs is 6. The van der Waals surface area contributed by atoms with E-state index in [0.717, 1.165) is 210 Å². The van der Waals surface area contributed by atoms with Gasteiger partial charge in [0, 0.05) is 126 Å². The molecule has 0 amide bonds. The standard InChI is InChI=1S/C35H45F4N7O3.C29H45N7O3.C6H2F4O/c1-4-5-8-28-42-32-33(46(28)13-7-6-12-43(2)3)24-21-23(9-10-27(24)41-35(32)40)45-16-14-44(15-17-45)18-20-48-19-11-29(47)49-34-30(38)25(36)22-26(37)31(34)39;1-4-5-8-25-32-27-28(36(25)13-7-6-12-33(2)3)23-21-22(9-10-24(23)31-29(27)30)35-16-14-34(15-17-35)18-20-39-19-11-26(37)38;7-2-1-3(8)5(10)6(11)4(2)9/h9-10,21-22H,4-8,11-20H2,1-3H3,(H2,40,41);9-10,21H,4-8,11-20H2,1-3H3,(H2,30,31)(H,37,38);1,11H. The number of nitrogens with two attached hydrogens (primary N) is 2. The average Bonchev–Trinajstić information content (AvgIpc) is 1.64. The van der Waals surface area contributed by atoms with Gasteiger partial charge in [0.2, 0.25) is 29.0 Å². The van der Waals surface area contributed by atoms with Gasteiger partial charge >= 0.3 is 11.9 Å². The first-order chi connectivity index (χ1) is 47.5. The highest BCUT2D eigenvalue weighted by atomic mass is 19.2. The minimum absolute atomic E-state index is 0.0182. The Balaban J connectivity index is 0.000000222. The van der Waals surface area contributed by atoms with Gasteiger partial charge in [-0.15, -0.1) is 0 Å². The Kier molecular flexibility index (Phi) is 28.4. The van der Waals surface area contributed by atoms with E-state index in [4.69, 9.17) is 51.1 Å². The SMILES string of the molecule is CCCCc1nc2c(N)nc3ccc(N4CCN(CCOCCC(=O)O)CC4)cc3c2n1CCCCN(C)C.CCCCc1nc2c(N)nc3ccc(N4CCN(CCOCCC(=O)Oc5c(F)c(F)cc(F)c5F)CC4)cc3c2n1CCCCN(C)C.Oc1c(F)c(F)cc(F)c1F. The lowest BCUT2D eigenvalue weighted by Crippen LogP contribution is -2.47. The molecule has 0 atom stereocenters. The number of phenols is 1. The zero-order chi connectivity index (χ0) is 71.4. The van der Waals surface area contributed by atoms with Gasteiger partial charge in [0.25, 0.3) is 0 Å². The van der Waals surface area contributed by atoms with Crippen LogP contribution in [0.25, 0.3) is 43.9 Å². The van der Waals surface area contributed by atoms with E-state index in [1.807, 2.05) is 6.07 Å². The Bertz CT molecular complexity index is 3960. The van der Waals surface area contributed by atoms with Crippen LogP contribution >= 0.6 is 0 Å². The second kappa shape index (κ2) is 36.7. The first kappa shape index (κ1) is 76.5. The number of aromatic nitrogens is 6. The van der Waals surface area contributed by atoms with E-state index in [9.17, 15) is 44.7 Å². The smallest absolute Gasteiger partial charge is 0.313 e. The largest absolute Gasteiger partial charge is 0.503 e. The van der Waals surface area contributed by atoms with Gasteiger partial charge in [-0.1, -0.05) is 26.7 Å². The minimum Gasteiger partial charge on any atom is -0.503 e. The average molecular weight is 1390 g/mol. The number of benzene rings is 4. The van der Waals surface area contributed by atoms with Crippen molar-refractivity contribution >= 4 is 78.8 Å². The molecule has 0 saturated carbocycles. The molecule has 10 rings (SSSR count). The van der Waals surface area contributed by atoms with Gasteiger partial charge in [0.1, 0.15) is 22.7 Å². The predicted octanol–water partition coefficient (Wildman–Crippen LogP) is 11.0. The summed E-state index contributed by atoms with van der Waals surface area (Å²) in [4.78, 5) is 55.9. The number of carboxylic acids is 1. The summed E-state index contributed by atoms with van der Waals surface area (Å²) in [5.41, 5.74) is 20.7. The third-order valence-electron chi connectivity index (χ3n) is 17.4. The molecule has 0 radical (unpaired) electrons. The molecule has 2 aliphatic heterocycles. The summed E-state index contributed by atoms with van der Waals surface area (Å²) in [6.07, 6.45) is 10.3. The summed E-state index contributed by atoms with van der Waals surface area (Å²) in [6, 6.07) is 12.9. The number of hydrogen-bond donors (Lipinski definition) is 4. The monoisotopic (exact) mass is 1390 g/mol. The Labute approximate surface area is 571 Å². The van der Waals surface area contributed by atoms with Crippen molar-refractivity contribution in [3.05, 3.63) is 107 Å². The van der Waals surface area contributed by atoms with Crippen molar-refractivity contribution in [2.24, 2.45) is 0 Å². The maximum Gasteiger partial charge on any atom is 0.313 e. The molecule has 0 spiro atoms. The molecule has 2 saturated heterocycles. The number of unbranched alkanes of at least 4 members (excludes halogenated alkanes) is 4. The number of anilines is 4. The quantitative estimate of drug-likeness (QED) is 0.0104. The Morgan fingerprint density at radius 3 is 1.31 bits per heavy atom. The zero-order valence-electron chi connectivity index (χ0n) is 57.3. The van der Waals surface area contributed by atoms with E-state index >= 15 is 0 Å². The molecule has 6 N–H and O–H groups in total. The van der Waals surface area contributed by atoms with Gasteiger partial charge in [0.05, 0.1) is 61.3 Å². The van der Waals surface area contributed by atoms with Crippen LogP contribution in [0, 0.1) is 46.5 Å². The Morgan fingerprint density at radius 2 is 0.919 bits per heavy atom. The number of imidazole rings is 2. The number of carbonyl (C=O) groups is 2. The molecule has 99 heavy (non-hydrogen) atoms. The number of rotatable bonds is 31. The molecule has 0 aliphatic carbocycles. The minimum atomic E-state index is -1.79. The molecule has 8 aromatic rings. The number of hydrogen-bond acceptors (Lipinski definition) is 18. The molecule has 6 heterocycles. The number of nitrogens with zero attached hydrogens (tertiary/aromatic N) is 12. The number of aliphatic carboxylic acids is 1. The topological polar surface area (TPSA) is 235 Å². The van der Waals surface area contributed by atoms with Crippen LogP contribution in [0.3, 0.4) is 0 Å². The number of halogens is 8. The number of piperazine rings is 2. The van der Waals surface area contributed by atoms with Crippen molar-refractivity contribution in [3.63, 3.8) is 0 Å². The van der Waals surface area contributed by atoms with Crippen LogP contribution < -0.4 is 26.0 Å². The number of nitrogen functional groups attached to an aromatic ring is 2. The number of phenolic OH excluding ortho intramolecular Hbond substituents is 1. The molecular formula is C70H92F8N14O7. The van der Waals surface area contributed by atoms with Crippen LogP contribution in [0.1, 0.15) is 89.7 Å². The number of esters is 1. The van der Waals surface area contributed by atoms with Crippen LogP contribution in [0.15, 0.2) is 48.5 Å². The second-order valence-corrected chi connectivity index (χ2v) is 25.2. The number of pyridine rings is 2. The third-order valence-corrected chi connectivity index (χ3v) is 17.4. The number of aryl methyl sites for hydroxylation is 4.